The molecule has 0 aliphatic carbocycles. The maximum Gasteiger partial charge on any atom is 0.347 e. The predicted molar refractivity (Wildman–Crippen MR) is 62.5 cm³/mol. The third kappa shape index (κ3) is 3.57. The van der Waals surface area contributed by atoms with Crippen LogP contribution in [-0.4, -0.2) is 18.7 Å². The Kier molecular flexibility index (Phi) is 4.83. The second-order valence-corrected chi connectivity index (χ2v) is 3.58. The fraction of sp³-hybridized carbons (Fsp3) is 0.462. The molecule has 1 aromatic rings. The summed E-state index contributed by atoms with van der Waals surface area (Å²) < 4.78 is 10.5. The highest BCUT2D eigenvalue weighted by Gasteiger charge is 2.19. The lowest BCUT2D eigenvalue weighted by atomic mass is 10.2. The molecule has 1 rings (SSSR count). The zero-order chi connectivity index (χ0) is 12.0. The highest BCUT2D eigenvalue weighted by molar-refractivity contribution is 5.75. The van der Waals surface area contributed by atoms with Gasteiger partial charge < -0.3 is 9.47 Å². The molecule has 3 nitrogen and oxygen atoms in total. The second-order valence-electron chi connectivity index (χ2n) is 3.58. The molecule has 16 heavy (non-hydrogen) atoms. The summed E-state index contributed by atoms with van der Waals surface area (Å²) in [6, 6.07) is 7.62. The van der Waals surface area contributed by atoms with Crippen LogP contribution in [0.2, 0.25) is 0 Å². The van der Waals surface area contributed by atoms with Crippen LogP contribution < -0.4 is 4.74 Å². The van der Waals surface area contributed by atoms with Crippen molar-refractivity contribution >= 4 is 5.97 Å². The van der Waals surface area contributed by atoms with E-state index in [1.807, 2.05) is 38.1 Å². The monoisotopic (exact) mass is 222 g/mol. The number of benzene rings is 1. The lowest BCUT2D eigenvalue weighted by Gasteiger charge is -2.15. The molecule has 0 heterocycles. The van der Waals surface area contributed by atoms with Crippen molar-refractivity contribution in [3.8, 4) is 5.75 Å². The van der Waals surface area contributed by atoms with Gasteiger partial charge in [0.2, 0.25) is 0 Å². The molecule has 1 unspecified atom stereocenters. The Labute approximate surface area is 96.4 Å². The molecule has 0 aliphatic heterocycles. The highest BCUT2D eigenvalue weighted by Crippen LogP contribution is 2.15. The molecule has 0 aliphatic rings. The average Bonchev–Trinajstić information content (AvgIpc) is 2.28. The van der Waals surface area contributed by atoms with E-state index in [1.165, 1.54) is 0 Å². The van der Waals surface area contributed by atoms with E-state index < -0.39 is 6.10 Å². The van der Waals surface area contributed by atoms with E-state index in [2.05, 4.69) is 0 Å². The Hall–Kier alpha value is -1.51. The van der Waals surface area contributed by atoms with Crippen molar-refractivity contribution in [3.63, 3.8) is 0 Å². The number of rotatable bonds is 5. The standard InChI is InChI=1S/C13H18O3/c1-4-12(13(14)15-5-2)16-11-8-6-10(3)7-9-11/h6-9,12H,4-5H2,1-3H3. The van der Waals surface area contributed by atoms with Crippen molar-refractivity contribution in [2.24, 2.45) is 0 Å². The van der Waals surface area contributed by atoms with E-state index in [0.29, 0.717) is 18.8 Å². The lowest BCUT2D eigenvalue weighted by Crippen LogP contribution is -2.28. The Balaban J connectivity index is 2.62. The van der Waals surface area contributed by atoms with E-state index in [0.717, 1.165) is 5.56 Å². The van der Waals surface area contributed by atoms with Crippen LogP contribution in [0.1, 0.15) is 25.8 Å². The normalized spacial score (nSPS) is 11.9. The smallest absolute Gasteiger partial charge is 0.347 e. The number of carbonyl (C=O) groups excluding carboxylic acids is 1. The van der Waals surface area contributed by atoms with Gasteiger partial charge >= 0.3 is 5.97 Å². The Morgan fingerprint density at radius 2 is 1.88 bits per heavy atom. The van der Waals surface area contributed by atoms with E-state index in [-0.39, 0.29) is 5.97 Å². The Morgan fingerprint density at radius 3 is 2.38 bits per heavy atom. The molecule has 0 fully saturated rings. The number of hydrogen-bond donors (Lipinski definition) is 0. The summed E-state index contributed by atoms with van der Waals surface area (Å²) in [5.74, 6) is 0.399. The van der Waals surface area contributed by atoms with Gasteiger partial charge in [0.1, 0.15) is 5.75 Å². The van der Waals surface area contributed by atoms with Crippen LogP contribution in [0.3, 0.4) is 0 Å². The Morgan fingerprint density at radius 1 is 1.25 bits per heavy atom. The van der Waals surface area contributed by atoms with Crippen molar-refractivity contribution in [1.29, 1.82) is 0 Å². The SMILES string of the molecule is CCOC(=O)C(CC)Oc1ccc(C)cc1. The van der Waals surface area contributed by atoms with E-state index in [4.69, 9.17) is 9.47 Å². The molecule has 0 N–H and O–H groups in total. The minimum Gasteiger partial charge on any atom is -0.479 e. The van der Waals surface area contributed by atoms with Gasteiger partial charge in [0, 0.05) is 0 Å². The Bertz CT molecular complexity index is 330. The first kappa shape index (κ1) is 12.6. The van der Waals surface area contributed by atoms with Gasteiger partial charge in [-0.05, 0) is 32.4 Å². The van der Waals surface area contributed by atoms with Crippen molar-refractivity contribution in [2.45, 2.75) is 33.3 Å². The first-order valence-electron chi connectivity index (χ1n) is 5.57. The predicted octanol–water partition coefficient (Wildman–Crippen LogP) is 2.72. The number of aryl methyl sites for hydroxylation is 1. The van der Waals surface area contributed by atoms with E-state index in [1.54, 1.807) is 6.92 Å². The van der Waals surface area contributed by atoms with Gasteiger partial charge in [-0.1, -0.05) is 24.6 Å². The zero-order valence-electron chi connectivity index (χ0n) is 10.0. The van der Waals surface area contributed by atoms with Crippen LogP contribution in [0.25, 0.3) is 0 Å². The molecule has 3 heteroatoms. The molecule has 0 saturated heterocycles. The van der Waals surface area contributed by atoms with Crippen LogP contribution in [0.5, 0.6) is 5.75 Å². The van der Waals surface area contributed by atoms with Crippen molar-refractivity contribution in [1.82, 2.24) is 0 Å². The fourth-order valence-electron chi connectivity index (χ4n) is 1.31. The molecular weight excluding hydrogens is 204 g/mol. The molecule has 0 aromatic heterocycles. The number of carbonyl (C=O) groups is 1. The topological polar surface area (TPSA) is 35.5 Å². The third-order valence-corrected chi connectivity index (χ3v) is 2.22. The van der Waals surface area contributed by atoms with Gasteiger partial charge in [0.05, 0.1) is 6.61 Å². The largest absolute Gasteiger partial charge is 0.479 e. The van der Waals surface area contributed by atoms with Gasteiger partial charge in [-0.15, -0.1) is 0 Å². The average molecular weight is 222 g/mol. The molecule has 0 bridgehead atoms. The number of esters is 1. The van der Waals surface area contributed by atoms with Gasteiger partial charge in [0.25, 0.3) is 0 Å². The number of hydrogen-bond acceptors (Lipinski definition) is 3. The summed E-state index contributed by atoms with van der Waals surface area (Å²) in [6.07, 6.45) is 0.0924. The third-order valence-electron chi connectivity index (χ3n) is 2.22. The maximum absolute atomic E-state index is 11.5. The van der Waals surface area contributed by atoms with Crippen LogP contribution in [0, 0.1) is 6.92 Å². The maximum atomic E-state index is 11.5. The first-order valence-corrected chi connectivity index (χ1v) is 5.57. The zero-order valence-corrected chi connectivity index (χ0v) is 10.0. The summed E-state index contributed by atoms with van der Waals surface area (Å²) >= 11 is 0. The van der Waals surface area contributed by atoms with Crippen molar-refractivity contribution < 1.29 is 14.3 Å². The molecule has 0 spiro atoms. The van der Waals surface area contributed by atoms with Crippen molar-refractivity contribution in [2.75, 3.05) is 6.61 Å². The minimum absolute atomic E-state index is 0.300. The summed E-state index contributed by atoms with van der Waals surface area (Å²) in [7, 11) is 0. The quantitative estimate of drug-likeness (QED) is 0.718. The summed E-state index contributed by atoms with van der Waals surface area (Å²) in [4.78, 5) is 11.5. The molecule has 0 radical (unpaired) electrons. The van der Waals surface area contributed by atoms with E-state index >= 15 is 0 Å². The number of ether oxygens (including phenoxy) is 2. The molecule has 1 atom stereocenters. The molecule has 0 amide bonds. The highest BCUT2D eigenvalue weighted by atomic mass is 16.6. The van der Waals surface area contributed by atoms with Gasteiger partial charge in [-0.2, -0.15) is 0 Å². The first-order chi connectivity index (χ1) is 7.67. The molecule has 0 saturated carbocycles. The molecular formula is C13H18O3. The minimum atomic E-state index is -0.511. The molecule has 1 aromatic carbocycles. The van der Waals surface area contributed by atoms with Crippen LogP contribution >= 0.6 is 0 Å². The van der Waals surface area contributed by atoms with Crippen LogP contribution in [0.4, 0.5) is 0 Å². The second kappa shape index (κ2) is 6.16. The molecule has 88 valence electrons. The van der Waals surface area contributed by atoms with E-state index in [9.17, 15) is 4.79 Å². The van der Waals surface area contributed by atoms with Crippen LogP contribution in [-0.2, 0) is 9.53 Å². The van der Waals surface area contributed by atoms with Gasteiger partial charge in [0.15, 0.2) is 6.10 Å². The fourth-order valence-corrected chi connectivity index (χ4v) is 1.31. The summed E-state index contributed by atoms with van der Waals surface area (Å²) in [5.41, 5.74) is 1.16. The van der Waals surface area contributed by atoms with Gasteiger partial charge in [-0.25, -0.2) is 4.79 Å². The summed E-state index contributed by atoms with van der Waals surface area (Å²) in [6.45, 7) is 6.07. The van der Waals surface area contributed by atoms with Crippen molar-refractivity contribution in [3.05, 3.63) is 29.8 Å². The summed E-state index contributed by atoms with van der Waals surface area (Å²) in [5, 5.41) is 0. The van der Waals surface area contributed by atoms with Crippen LogP contribution in [0.15, 0.2) is 24.3 Å². The van der Waals surface area contributed by atoms with Gasteiger partial charge in [-0.3, -0.25) is 0 Å². The lowest BCUT2D eigenvalue weighted by molar-refractivity contribution is -0.151.